The number of hydrogen-bond donors (Lipinski definition) is 1. The fourth-order valence-electron chi connectivity index (χ4n) is 4.27. The summed E-state index contributed by atoms with van der Waals surface area (Å²) in [4.78, 5) is 23.8. The van der Waals surface area contributed by atoms with E-state index in [1.54, 1.807) is 0 Å². The molecule has 0 saturated heterocycles. The number of aromatic nitrogens is 1. The summed E-state index contributed by atoms with van der Waals surface area (Å²) in [5.74, 6) is 0.625. The Hall–Kier alpha value is -3.99. The first kappa shape index (κ1) is 21.8. The van der Waals surface area contributed by atoms with Crippen molar-refractivity contribution < 1.29 is 14.1 Å². The zero-order valence-corrected chi connectivity index (χ0v) is 19.1. The van der Waals surface area contributed by atoms with Crippen molar-refractivity contribution in [3.05, 3.63) is 101 Å². The van der Waals surface area contributed by atoms with E-state index >= 15 is 0 Å². The van der Waals surface area contributed by atoms with Crippen LogP contribution in [0.3, 0.4) is 0 Å². The van der Waals surface area contributed by atoms with Crippen LogP contribution in [0.1, 0.15) is 35.2 Å². The molecule has 1 saturated carbocycles. The Morgan fingerprint density at radius 1 is 0.941 bits per heavy atom. The molecule has 1 heterocycles. The standard InChI is InChI=1S/C29H26N2O3/c1-20-26(18-30-27(33)17-21-5-3-2-4-6-21)28(34-31-20)24-9-7-22(8-10-24)23-11-13-25(14-12-23)29(19-32)15-16-29/h2-14,19H,15-18H2,1H3,(H,30,33). The number of aryl methyl sites for hydroxylation is 1. The van der Waals surface area contributed by atoms with Crippen molar-refractivity contribution in [2.45, 2.75) is 38.1 Å². The van der Waals surface area contributed by atoms with E-state index < -0.39 is 0 Å². The zero-order chi connectivity index (χ0) is 23.5. The van der Waals surface area contributed by atoms with Crippen LogP contribution in [-0.2, 0) is 28.0 Å². The van der Waals surface area contributed by atoms with Crippen molar-refractivity contribution >= 4 is 12.2 Å². The molecule has 0 radical (unpaired) electrons. The van der Waals surface area contributed by atoms with Gasteiger partial charge in [-0.2, -0.15) is 0 Å². The molecule has 170 valence electrons. The summed E-state index contributed by atoms with van der Waals surface area (Å²) in [6, 6.07) is 26.0. The maximum atomic E-state index is 12.4. The first-order valence-corrected chi connectivity index (χ1v) is 11.5. The molecule has 1 N–H and O–H groups in total. The Morgan fingerprint density at radius 3 is 2.18 bits per heavy atom. The smallest absolute Gasteiger partial charge is 0.224 e. The monoisotopic (exact) mass is 450 g/mol. The molecule has 5 heteroatoms. The summed E-state index contributed by atoms with van der Waals surface area (Å²) in [5.41, 5.74) is 6.55. The first-order chi connectivity index (χ1) is 16.6. The number of amides is 1. The van der Waals surface area contributed by atoms with Crippen molar-refractivity contribution in [3.63, 3.8) is 0 Å². The van der Waals surface area contributed by atoms with E-state index in [4.69, 9.17) is 4.52 Å². The lowest BCUT2D eigenvalue weighted by atomic mass is 9.94. The van der Waals surface area contributed by atoms with Crippen molar-refractivity contribution in [2.24, 2.45) is 0 Å². The van der Waals surface area contributed by atoms with Crippen LogP contribution in [-0.4, -0.2) is 17.4 Å². The number of carbonyl (C=O) groups is 2. The van der Waals surface area contributed by atoms with Crippen LogP contribution in [0.2, 0.25) is 0 Å². The van der Waals surface area contributed by atoms with Gasteiger partial charge in [-0.1, -0.05) is 84.0 Å². The Morgan fingerprint density at radius 2 is 1.56 bits per heavy atom. The highest BCUT2D eigenvalue weighted by molar-refractivity contribution is 5.79. The van der Waals surface area contributed by atoms with E-state index in [1.165, 1.54) is 0 Å². The number of nitrogens with zero attached hydrogens (tertiary/aromatic N) is 1. The molecule has 0 unspecified atom stereocenters. The molecule has 1 aliphatic rings. The molecule has 0 spiro atoms. The van der Waals surface area contributed by atoms with Crippen LogP contribution in [0.25, 0.3) is 22.5 Å². The van der Waals surface area contributed by atoms with Crippen molar-refractivity contribution in [3.8, 4) is 22.5 Å². The molecule has 1 amide bonds. The van der Waals surface area contributed by atoms with Crippen molar-refractivity contribution in [1.29, 1.82) is 0 Å². The second-order valence-corrected chi connectivity index (χ2v) is 8.94. The second kappa shape index (κ2) is 9.10. The third-order valence-corrected chi connectivity index (χ3v) is 6.61. The number of rotatable bonds is 8. The molecule has 0 aliphatic heterocycles. The van der Waals surface area contributed by atoms with E-state index in [1.807, 2.05) is 61.5 Å². The lowest BCUT2D eigenvalue weighted by molar-refractivity contribution is -0.120. The van der Waals surface area contributed by atoms with Gasteiger partial charge in [0.05, 0.1) is 17.5 Å². The van der Waals surface area contributed by atoms with Crippen LogP contribution in [0.5, 0.6) is 0 Å². The van der Waals surface area contributed by atoms with Gasteiger partial charge in [-0.15, -0.1) is 0 Å². The van der Waals surface area contributed by atoms with Gasteiger partial charge in [0, 0.05) is 17.7 Å². The van der Waals surface area contributed by atoms with E-state index in [0.717, 1.165) is 58.2 Å². The number of benzene rings is 3. The third-order valence-electron chi connectivity index (χ3n) is 6.61. The van der Waals surface area contributed by atoms with Crippen LogP contribution in [0, 0.1) is 6.92 Å². The van der Waals surface area contributed by atoms with E-state index in [2.05, 4.69) is 34.7 Å². The lowest BCUT2D eigenvalue weighted by Crippen LogP contribution is -2.24. The molecular formula is C29H26N2O3. The van der Waals surface area contributed by atoms with Gasteiger partial charge in [-0.05, 0) is 42.0 Å². The normalized spacial score (nSPS) is 13.9. The fourth-order valence-corrected chi connectivity index (χ4v) is 4.27. The van der Waals surface area contributed by atoms with Gasteiger partial charge in [0.25, 0.3) is 0 Å². The van der Waals surface area contributed by atoms with Crippen LogP contribution < -0.4 is 5.32 Å². The average Bonchev–Trinajstić information content (AvgIpc) is 3.60. The Labute approximate surface area is 198 Å². The Balaban J connectivity index is 1.28. The quantitative estimate of drug-likeness (QED) is 0.365. The van der Waals surface area contributed by atoms with Gasteiger partial charge in [-0.3, -0.25) is 4.79 Å². The molecule has 1 fully saturated rings. The van der Waals surface area contributed by atoms with E-state index in [-0.39, 0.29) is 11.3 Å². The predicted molar refractivity (Wildman–Crippen MR) is 131 cm³/mol. The Kier molecular flexibility index (Phi) is 5.84. The number of hydrogen-bond acceptors (Lipinski definition) is 4. The van der Waals surface area contributed by atoms with Crippen LogP contribution in [0.4, 0.5) is 0 Å². The first-order valence-electron chi connectivity index (χ1n) is 11.5. The zero-order valence-electron chi connectivity index (χ0n) is 19.1. The van der Waals surface area contributed by atoms with Gasteiger partial charge >= 0.3 is 0 Å². The van der Waals surface area contributed by atoms with Gasteiger partial charge in [0.1, 0.15) is 6.29 Å². The summed E-state index contributed by atoms with van der Waals surface area (Å²) in [6.45, 7) is 2.24. The minimum atomic E-state index is -0.251. The van der Waals surface area contributed by atoms with E-state index in [0.29, 0.717) is 18.7 Å². The summed E-state index contributed by atoms with van der Waals surface area (Å²) >= 11 is 0. The molecule has 5 rings (SSSR count). The fraction of sp³-hybridized carbons (Fsp3) is 0.207. The molecule has 0 bridgehead atoms. The second-order valence-electron chi connectivity index (χ2n) is 8.94. The summed E-state index contributed by atoms with van der Waals surface area (Å²) in [6.07, 6.45) is 3.30. The average molecular weight is 451 g/mol. The van der Waals surface area contributed by atoms with Gasteiger partial charge in [-0.25, -0.2) is 0 Å². The molecule has 3 aromatic carbocycles. The summed E-state index contributed by atoms with van der Waals surface area (Å²) < 4.78 is 5.62. The molecule has 5 nitrogen and oxygen atoms in total. The highest BCUT2D eigenvalue weighted by Gasteiger charge is 2.44. The topological polar surface area (TPSA) is 72.2 Å². The largest absolute Gasteiger partial charge is 0.356 e. The molecule has 34 heavy (non-hydrogen) atoms. The molecule has 4 aromatic rings. The van der Waals surface area contributed by atoms with Gasteiger partial charge in [0.2, 0.25) is 5.91 Å². The molecule has 1 aliphatic carbocycles. The molecule has 0 atom stereocenters. The maximum Gasteiger partial charge on any atom is 0.224 e. The van der Waals surface area contributed by atoms with Crippen LogP contribution in [0.15, 0.2) is 83.4 Å². The summed E-state index contributed by atoms with van der Waals surface area (Å²) in [5, 5.41) is 7.11. The third kappa shape index (κ3) is 4.42. The van der Waals surface area contributed by atoms with Gasteiger partial charge < -0.3 is 14.6 Å². The lowest BCUT2D eigenvalue weighted by Gasteiger charge is -2.09. The highest BCUT2D eigenvalue weighted by Crippen LogP contribution is 2.46. The minimum Gasteiger partial charge on any atom is -0.356 e. The SMILES string of the molecule is Cc1noc(-c2ccc(-c3ccc(C4(C=O)CC4)cc3)cc2)c1CNC(=O)Cc1ccccc1. The van der Waals surface area contributed by atoms with Gasteiger partial charge in [0.15, 0.2) is 5.76 Å². The highest BCUT2D eigenvalue weighted by atomic mass is 16.5. The minimum absolute atomic E-state index is 0.0425. The number of aldehydes is 1. The van der Waals surface area contributed by atoms with Crippen LogP contribution >= 0.6 is 0 Å². The number of carbonyl (C=O) groups excluding carboxylic acids is 2. The summed E-state index contributed by atoms with van der Waals surface area (Å²) in [7, 11) is 0. The van der Waals surface area contributed by atoms with Crippen molar-refractivity contribution in [1.82, 2.24) is 10.5 Å². The van der Waals surface area contributed by atoms with Crippen molar-refractivity contribution in [2.75, 3.05) is 0 Å². The number of nitrogens with one attached hydrogen (secondary N) is 1. The Bertz CT molecular complexity index is 1300. The maximum absolute atomic E-state index is 12.4. The molecular weight excluding hydrogens is 424 g/mol. The molecule has 1 aromatic heterocycles. The van der Waals surface area contributed by atoms with E-state index in [9.17, 15) is 9.59 Å². The predicted octanol–water partition coefficient (Wildman–Crippen LogP) is 5.41.